The highest BCUT2D eigenvalue weighted by Crippen LogP contribution is 2.00. The molecular weight excluding hydrogens is 194 g/mol. The van der Waals surface area contributed by atoms with Gasteiger partial charge in [-0.3, -0.25) is 4.79 Å². The average Bonchev–Trinajstić information content (AvgIpc) is 2.13. The topological polar surface area (TPSA) is 86.5 Å². The minimum Gasteiger partial charge on any atom is -0.386 e. The monoisotopic (exact) mass is 205 g/mol. The fourth-order valence-corrected chi connectivity index (χ4v) is 1.05. The minimum atomic E-state index is -1.20. The lowest BCUT2D eigenvalue weighted by molar-refractivity contribution is -0.162. The van der Waals surface area contributed by atoms with Crippen molar-refractivity contribution in [2.75, 3.05) is 12.0 Å². The summed E-state index contributed by atoms with van der Waals surface area (Å²) in [4.78, 5) is 31.0. The van der Waals surface area contributed by atoms with Crippen LogP contribution in [-0.2, 0) is 19.1 Å². The molecule has 6 heteroatoms. The van der Waals surface area contributed by atoms with Crippen molar-refractivity contribution in [3.05, 3.63) is 0 Å². The van der Waals surface area contributed by atoms with Gasteiger partial charge in [-0.05, 0) is 18.4 Å². The van der Waals surface area contributed by atoms with E-state index >= 15 is 0 Å². The Morgan fingerprint density at radius 3 is 2.69 bits per heavy atom. The van der Waals surface area contributed by atoms with E-state index in [1.54, 1.807) is 0 Å². The molecule has 0 aliphatic carbocycles. The summed E-state index contributed by atoms with van der Waals surface area (Å²) in [6.45, 7) is 0. The van der Waals surface area contributed by atoms with E-state index in [-0.39, 0.29) is 6.29 Å². The van der Waals surface area contributed by atoms with Gasteiger partial charge in [0, 0.05) is 0 Å². The summed E-state index contributed by atoms with van der Waals surface area (Å²) in [6, 6.07) is -0.837. The zero-order chi connectivity index (χ0) is 10.3. The first kappa shape index (κ1) is 12.1. The largest absolute Gasteiger partial charge is 0.386 e. The zero-order valence-electron chi connectivity index (χ0n) is 7.19. The molecule has 0 aliphatic rings. The summed E-state index contributed by atoms with van der Waals surface area (Å²) in [6.07, 6.45) is 2.22. The van der Waals surface area contributed by atoms with Crippen molar-refractivity contribution in [2.24, 2.45) is 5.73 Å². The maximum Gasteiger partial charge on any atom is 0.378 e. The molecule has 0 saturated heterocycles. The summed E-state index contributed by atoms with van der Waals surface area (Å²) < 4.78 is 4.08. The van der Waals surface area contributed by atoms with Crippen molar-refractivity contribution in [1.82, 2.24) is 0 Å². The van der Waals surface area contributed by atoms with Crippen molar-refractivity contribution >= 4 is 30.0 Å². The number of rotatable bonds is 5. The second-order valence-electron chi connectivity index (χ2n) is 2.25. The highest BCUT2D eigenvalue weighted by molar-refractivity contribution is 7.98. The van der Waals surface area contributed by atoms with Gasteiger partial charge in [0.15, 0.2) is 0 Å². The van der Waals surface area contributed by atoms with Gasteiger partial charge in [-0.1, -0.05) is 0 Å². The Morgan fingerprint density at radius 2 is 2.23 bits per heavy atom. The molecule has 0 aromatic heterocycles. The van der Waals surface area contributed by atoms with E-state index < -0.39 is 18.0 Å². The van der Waals surface area contributed by atoms with Crippen molar-refractivity contribution < 1.29 is 19.1 Å². The number of hydrogen-bond donors (Lipinski definition) is 1. The Balaban J connectivity index is 3.81. The molecule has 0 saturated carbocycles. The van der Waals surface area contributed by atoms with Crippen LogP contribution in [0.15, 0.2) is 0 Å². The van der Waals surface area contributed by atoms with Gasteiger partial charge >= 0.3 is 11.9 Å². The molecule has 0 fully saturated rings. The van der Waals surface area contributed by atoms with Gasteiger partial charge in [-0.25, -0.2) is 9.59 Å². The summed E-state index contributed by atoms with van der Waals surface area (Å²) in [5.41, 5.74) is 5.35. The fourth-order valence-electron chi connectivity index (χ4n) is 0.562. The Morgan fingerprint density at radius 1 is 1.62 bits per heavy atom. The number of carbonyl (C=O) groups is 3. The van der Waals surface area contributed by atoms with Gasteiger partial charge < -0.3 is 10.5 Å². The van der Waals surface area contributed by atoms with Crippen LogP contribution in [0, 0.1) is 0 Å². The lowest BCUT2D eigenvalue weighted by atomic mass is 10.2. The van der Waals surface area contributed by atoms with Gasteiger partial charge in [0.05, 0.1) is 0 Å². The van der Waals surface area contributed by atoms with Crippen LogP contribution in [-0.4, -0.2) is 36.3 Å². The molecule has 0 radical (unpaired) electrons. The lowest BCUT2D eigenvalue weighted by Gasteiger charge is -2.07. The van der Waals surface area contributed by atoms with Crippen LogP contribution < -0.4 is 5.73 Å². The van der Waals surface area contributed by atoms with Gasteiger partial charge in [-0.2, -0.15) is 11.8 Å². The summed E-state index contributed by atoms with van der Waals surface area (Å²) in [5, 5.41) is 0. The summed E-state index contributed by atoms with van der Waals surface area (Å²) in [7, 11) is 0. The van der Waals surface area contributed by atoms with Crippen LogP contribution in [0.25, 0.3) is 0 Å². The third-order valence-corrected chi connectivity index (χ3v) is 1.88. The molecule has 0 aromatic rings. The quantitative estimate of drug-likeness (QED) is 0.277. The molecule has 0 heterocycles. The first-order valence-corrected chi connectivity index (χ1v) is 4.96. The van der Waals surface area contributed by atoms with E-state index in [0.29, 0.717) is 12.2 Å². The molecular formula is C7H11NO4S. The van der Waals surface area contributed by atoms with E-state index in [9.17, 15) is 14.4 Å². The molecule has 0 rings (SSSR count). The van der Waals surface area contributed by atoms with Gasteiger partial charge in [0.1, 0.15) is 6.04 Å². The third-order valence-electron chi connectivity index (χ3n) is 1.23. The minimum absolute atomic E-state index is 0.0702. The van der Waals surface area contributed by atoms with E-state index in [0.717, 1.165) is 0 Å². The molecule has 2 N–H and O–H groups in total. The van der Waals surface area contributed by atoms with Crippen LogP contribution in [0.2, 0.25) is 0 Å². The molecule has 0 spiro atoms. The number of thioether (sulfide) groups is 1. The van der Waals surface area contributed by atoms with Crippen molar-refractivity contribution in [1.29, 1.82) is 0 Å². The van der Waals surface area contributed by atoms with Crippen LogP contribution in [0.3, 0.4) is 0 Å². The Kier molecular flexibility index (Phi) is 6.17. The first-order valence-electron chi connectivity index (χ1n) is 3.57. The zero-order valence-corrected chi connectivity index (χ0v) is 8.00. The molecule has 0 unspecified atom stereocenters. The van der Waals surface area contributed by atoms with Crippen molar-refractivity contribution in [3.63, 3.8) is 0 Å². The Labute approximate surface area is 80.0 Å². The molecule has 0 aliphatic heterocycles. The van der Waals surface area contributed by atoms with Gasteiger partial charge in [-0.15, -0.1) is 0 Å². The predicted molar refractivity (Wildman–Crippen MR) is 48.1 cm³/mol. The van der Waals surface area contributed by atoms with Crippen molar-refractivity contribution in [3.8, 4) is 0 Å². The maximum atomic E-state index is 10.9. The number of ether oxygens (including phenoxy) is 1. The number of hydrogen-bond acceptors (Lipinski definition) is 6. The van der Waals surface area contributed by atoms with Gasteiger partial charge in [0.2, 0.25) is 6.29 Å². The van der Waals surface area contributed by atoms with Crippen molar-refractivity contribution in [2.45, 2.75) is 12.5 Å². The first-order chi connectivity index (χ1) is 6.11. The highest BCUT2D eigenvalue weighted by atomic mass is 32.2. The third kappa shape index (κ3) is 5.37. The number of esters is 2. The smallest absolute Gasteiger partial charge is 0.378 e. The SMILES string of the molecule is CSCC[C@H](N)C(=O)OC(=O)C=O. The molecule has 0 amide bonds. The molecule has 5 nitrogen and oxygen atoms in total. The summed E-state index contributed by atoms with van der Waals surface area (Å²) in [5.74, 6) is -1.36. The normalized spacial score (nSPS) is 11.8. The molecule has 0 aromatic carbocycles. The lowest BCUT2D eigenvalue weighted by Crippen LogP contribution is -2.34. The number of carbonyl (C=O) groups excluding carboxylic acids is 3. The molecule has 13 heavy (non-hydrogen) atoms. The molecule has 0 bridgehead atoms. The second-order valence-corrected chi connectivity index (χ2v) is 3.23. The van der Waals surface area contributed by atoms with E-state index in [1.807, 2.05) is 6.26 Å². The Hall–Kier alpha value is -0.880. The Bertz CT molecular complexity index is 207. The standard InChI is InChI=1S/C7H11NO4S/c1-13-3-2-5(8)7(11)12-6(10)4-9/h4-5H,2-3,8H2,1H3/t5-/m0/s1. The molecule has 74 valence electrons. The fraction of sp³-hybridized carbons (Fsp3) is 0.571. The van der Waals surface area contributed by atoms with Crippen LogP contribution in [0.4, 0.5) is 0 Å². The maximum absolute atomic E-state index is 10.9. The van der Waals surface area contributed by atoms with Crippen LogP contribution in [0.1, 0.15) is 6.42 Å². The van der Waals surface area contributed by atoms with E-state index in [4.69, 9.17) is 5.73 Å². The second kappa shape index (κ2) is 6.62. The van der Waals surface area contributed by atoms with Gasteiger partial charge in [0.25, 0.3) is 0 Å². The number of nitrogens with two attached hydrogens (primary N) is 1. The highest BCUT2D eigenvalue weighted by Gasteiger charge is 2.17. The predicted octanol–water partition coefficient (Wildman–Crippen LogP) is -0.665. The molecule has 1 atom stereocenters. The summed E-state index contributed by atoms with van der Waals surface area (Å²) >= 11 is 1.53. The van der Waals surface area contributed by atoms with Crippen LogP contribution in [0.5, 0.6) is 0 Å². The number of aldehydes is 1. The van der Waals surface area contributed by atoms with E-state index in [2.05, 4.69) is 4.74 Å². The van der Waals surface area contributed by atoms with E-state index in [1.165, 1.54) is 11.8 Å². The van der Waals surface area contributed by atoms with Crippen LogP contribution >= 0.6 is 11.8 Å². The average molecular weight is 205 g/mol.